The van der Waals surface area contributed by atoms with Crippen LogP contribution in [0.15, 0.2) is 48.5 Å². The van der Waals surface area contributed by atoms with Crippen molar-refractivity contribution in [3.63, 3.8) is 0 Å². The first-order valence-electron chi connectivity index (χ1n) is 7.39. The molecule has 0 saturated carbocycles. The lowest BCUT2D eigenvalue weighted by molar-refractivity contribution is 0.0495. The van der Waals surface area contributed by atoms with E-state index in [9.17, 15) is 9.59 Å². The highest BCUT2D eigenvalue weighted by molar-refractivity contribution is 6.21. The molecule has 0 N–H and O–H groups in total. The van der Waals surface area contributed by atoms with Gasteiger partial charge in [0.05, 0.1) is 23.3 Å². The van der Waals surface area contributed by atoms with Gasteiger partial charge in [-0.1, -0.05) is 30.3 Å². The fourth-order valence-corrected chi connectivity index (χ4v) is 3.30. The number of rotatable bonds is 1. The Morgan fingerprint density at radius 3 is 2.23 bits per heavy atom. The van der Waals surface area contributed by atoms with Gasteiger partial charge in [0.25, 0.3) is 11.8 Å². The van der Waals surface area contributed by atoms with E-state index in [0.29, 0.717) is 17.5 Å². The third kappa shape index (κ3) is 1.77. The molecule has 2 aliphatic heterocycles. The second kappa shape index (κ2) is 4.70. The smallest absolute Gasteiger partial charge is 0.262 e. The average Bonchev–Trinajstić information content (AvgIpc) is 2.78. The average molecular weight is 293 g/mol. The second-order valence-corrected chi connectivity index (χ2v) is 5.74. The number of para-hydroxylation sites is 1. The van der Waals surface area contributed by atoms with Gasteiger partial charge in [-0.05, 0) is 25.1 Å². The zero-order valence-electron chi connectivity index (χ0n) is 12.2. The van der Waals surface area contributed by atoms with E-state index in [4.69, 9.17) is 4.74 Å². The molecule has 0 radical (unpaired) electrons. The Hall–Kier alpha value is -2.62. The number of fused-ring (bicyclic) bond motifs is 2. The van der Waals surface area contributed by atoms with Crippen molar-refractivity contribution in [3.05, 3.63) is 65.2 Å². The molecule has 0 aromatic heterocycles. The van der Waals surface area contributed by atoms with E-state index in [0.717, 1.165) is 11.3 Å². The third-order valence-corrected chi connectivity index (χ3v) is 4.30. The number of carbonyl (C=O) groups is 2. The molecule has 2 aliphatic rings. The van der Waals surface area contributed by atoms with E-state index >= 15 is 0 Å². The van der Waals surface area contributed by atoms with E-state index in [1.807, 2.05) is 31.2 Å². The maximum atomic E-state index is 12.7. The number of ether oxygens (including phenoxy) is 1. The SMILES string of the molecule is C[C@H]1C[C@H](N2C(=O)c3ccccc3C2=O)c2ccccc2O1. The predicted octanol–water partition coefficient (Wildman–Crippen LogP) is 3.19. The molecule has 110 valence electrons. The Balaban J connectivity index is 1.81. The maximum absolute atomic E-state index is 12.7. The molecular formula is C18H15NO3. The quantitative estimate of drug-likeness (QED) is 0.759. The van der Waals surface area contributed by atoms with Crippen molar-refractivity contribution in [2.45, 2.75) is 25.5 Å². The van der Waals surface area contributed by atoms with Gasteiger partial charge in [-0.15, -0.1) is 0 Å². The van der Waals surface area contributed by atoms with Gasteiger partial charge in [0.1, 0.15) is 5.75 Å². The topological polar surface area (TPSA) is 46.6 Å². The van der Waals surface area contributed by atoms with Crippen LogP contribution in [0.5, 0.6) is 5.75 Å². The molecule has 2 amide bonds. The molecule has 2 atom stereocenters. The van der Waals surface area contributed by atoms with Crippen molar-refractivity contribution in [1.29, 1.82) is 0 Å². The van der Waals surface area contributed by atoms with Gasteiger partial charge in [0.15, 0.2) is 0 Å². The monoisotopic (exact) mass is 293 g/mol. The summed E-state index contributed by atoms with van der Waals surface area (Å²) >= 11 is 0. The standard InChI is InChI=1S/C18H15NO3/c1-11-10-15(14-8-4-5-9-16(14)22-11)19-17(20)12-6-2-3-7-13(12)18(19)21/h2-9,11,15H,10H2,1H3/t11-,15-/m0/s1. The Kier molecular flexibility index (Phi) is 2.79. The normalized spacial score (nSPS) is 23.0. The van der Waals surface area contributed by atoms with E-state index in [2.05, 4.69) is 0 Å². The van der Waals surface area contributed by atoms with Crippen molar-refractivity contribution < 1.29 is 14.3 Å². The Morgan fingerprint density at radius 2 is 1.55 bits per heavy atom. The first kappa shape index (κ1) is 13.1. The first-order valence-corrected chi connectivity index (χ1v) is 7.39. The second-order valence-electron chi connectivity index (χ2n) is 5.74. The summed E-state index contributed by atoms with van der Waals surface area (Å²) in [6.45, 7) is 1.96. The van der Waals surface area contributed by atoms with Crippen LogP contribution in [0.2, 0.25) is 0 Å². The summed E-state index contributed by atoms with van der Waals surface area (Å²) in [6, 6.07) is 14.3. The number of benzene rings is 2. The van der Waals surface area contributed by atoms with Crippen LogP contribution in [0.1, 0.15) is 45.7 Å². The van der Waals surface area contributed by atoms with Crippen molar-refractivity contribution in [2.75, 3.05) is 0 Å². The Bertz CT molecular complexity index is 748. The van der Waals surface area contributed by atoms with Crippen molar-refractivity contribution in [3.8, 4) is 5.75 Å². The van der Waals surface area contributed by atoms with Gasteiger partial charge in [-0.25, -0.2) is 0 Å². The Morgan fingerprint density at radius 1 is 0.955 bits per heavy atom. The molecule has 4 nitrogen and oxygen atoms in total. The lowest BCUT2D eigenvalue weighted by Crippen LogP contribution is -2.38. The van der Waals surface area contributed by atoms with Gasteiger partial charge in [-0.3, -0.25) is 14.5 Å². The zero-order valence-corrected chi connectivity index (χ0v) is 12.2. The highest BCUT2D eigenvalue weighted by atomic mass is 16.5. The summed E-state index contributed by atoms with van der Waals surface area (Å²) in [5.74, 6) is 0.326. The number of hydrogen-bond donors (Lipinski definition) is 0. The number of amides is 2. The number of nitrogens with zero attached hydrogens (tertiary/aromatic N) is 1. The van der Waals surface area contributed by atoms with Crippen molar-refractivity contribution in [1.82, 2.24) is 4.90 Å². The van der Waals surface area contributed by atoms with E-state index < -0.39 is 0 Å². The fourth-order valence-electron chi connectivity index (χ4n) is 3.30. The van der Waals surface area contributed by atoms with Gasteiger partial charge in [0.2, 0.25) is 0 Å². The molecule has 0 aliphatic carbocycles. The van der Waals surface area contributed by atoms with Gasteiger partial charge in [0, 0.05) is 12.0 Å². The Labute approximate surface area is 128 Å². The molecule has 22 heavy (non-hydrogen) atoms. The number of hydrogen-bond acceptors (Lipinski definition) is 3. The molecule has 0 spiro atoms. The molecule has 2 heterocycles. The molecule has 0 saturated heterocycles. The molecule has 0 bridgehead atoms. The molecular weight excluding hydrogens is 278 g/mol. The van der Waals surface area contributed by atoms with Crippen LogP contribution in [0.25, 0.3) is 0 Å². The highest BCUT2D eigenvalue weighted by Crippen LogP contribution is 2.41. The van der Waals surface area contributed by atoms with E-state index in [-0.39, 0.29) is 24.0 Å². The van der Waals surface area contributed by atoms with Crippen LogP contribution >= 0.6 is 0 Å². The summed E-state index contributed by atoms with van der Waals surface area (Å²) in [5.41, 5.74) is 1.88. The molecule has 4 rings (SSSR count). The lowest BCUT2D eigenvalue weighted by Gasteiger charge is -2.34. The van der Waals surface area contributed by atoms with E-state index in [1.165, 1.54) is 4.90 Å². The van der Waals surface area contributed by atoms with Crippen molar-refractivity contribution in [2.24, 2.45) is 0 Å². The van der Waals surface area contributed by atoms with Crippen molar-refractivity contribution >= 4 is 11.8 Å². The maximum Gasteiger partial charge on any atom is 0.262 e. The predicted molar refractivity (Wildman–Crippen MR) is 80.8 cm³/mol. The number of imide groups is 1. The van der Waals surface area contributed by atoms with Crippen LogP contribution < -0.4 is 4.74 Å². The largest absolute Gasteiger partial charge is 0.490 e. The summed E-state index contributed by atoms with van der Waals surface area (Å²) in [4.78, 5) is 26.8. The van der Waals surface area contributed by atoms with E-state index in [1.54, 1.807) is 24.3 Å². The van der Waals surface area contributed by atoms with Gasteiger partial charge < -0.3 is 4.74 Å². The minimum absolute atomic E-state index is 0.0378. The lowest BCUT2D eigenvalue weighted by atomic mass is 9.95. The molecule has 0 unspecified atom stereocenters. The summed E-state index contributed by atoms with van der Waals surface area (Å²) in [7, 11) is 0. The zero-order chi connectivity index (χ0) is 15.3. The fraction of sp³-hybridized carbons (Fsp3) is 0.222. The van der Waals surface area contributed by atoms with Crippen LogP contribution in [-0.2, 0) is 0 Å². The summed E-state index contributed by atoms with van der Waals surface area (Å²) in [6.07, 6.45) is 0.576. The molecule has 0 fully saturated rings. The van der Waals surface area contributed by atoms with Crippen LogP contribution in [0.4, 0.5) is 0 Å². The van der Waals surface area contributed by atoms with Crippen LogP contribution in [0.3, 0.4) is 0 Å². The van der Waals surface area contributed by atoms with Crippen LogP contribution in [0, 0.1) is 0 Å². The minimum Gasteiger partial charge on any atom is -0.490 e. The van der Waals surface area contributed by atoms with Crippen LogP contribution in [-0.4, -0.2) is 22.8 Å². The molecule has 2 aromatic rings. The van der Waals surface area contributed by atoms with Gasteiger partial charge >= 0.3 is 0 Å². The minimum atomic E-state index is -0.271. The first-order chi connectivity index (χ1) is 10.7. The third-order valence-electron chi connectivity index (χ3n) is 4.30. The summed E-state index contributed by atoms with van der Waals surface area (Å²) < 4.78 is 5.82. The molecule has 4 heteroatoms. The molecule has 2 aromatic carbocycles. The number of carbonyl (C=O) groups excluding carboxylic acids is 2. The highest BCUT2D eigenvalue weighted by Gasteiger charge is 2.43. The summed E-state index contributed by atoms with van der Waals surface area (Å²) in [5, 5.41) is 0. The van der Waals surface area contributed by atoms with Gasteiger partial charge in [-0.2, -0.15) is 0 Å².